The second-order valence-electron chi connectivity index (χ2n) is 12.1. The molecule has 0 saturated carbocycles. The second kappa shape index (κ2) is 32.2. The highest BCUT2D eigenvalue weighted by molar-refractivity contribution is 5.69. The van der Waals surface area contributed by atoms with Crippen LogP contribution < -0.4 is 0 Å². The lowest BCUT2D eigenvalue weighted by atomic mass is 10.0. The van der Waals surface area contributed by atoms with Crippen molar-refractivity contribution in [3.63, 3.8) is 0 Å². The molecule has 0 fully saturated rings. The molecule has 0 aliphatic carbocycles. The number of hydrogen-bond donors (Lipinski definition) is 1. The predicted molar refractivity (Wildman–Crippen MR) is 172 cm³/mol. The molecule has 1 atom stereocenters. The molecule has 0 spiro atoms. The fourth-order valence-electron chi connectivity index (χ4n) is 5.35. The number of carboxylic acids is 1. The first-order valence-corrected chi connectivity index (χ1v) is 17.7. The number of carbonyl (C=O) groups excluding carboxylic acids is 1. The van der Waals surface area contributed by atoms with Gasteiger partial charge in [-0.1, -0.05) is 135 Å². The Bertz CT molecular complexity index is 571. The monoisotopic (exact) mass is 565 g/mol. The van der Waals surface area contributed by atoms with Gasteiger partial charge in [0.25, 0.3) is 0 Å². The average molecular weight is 565 g/mol. The van der Waals surface area contributed by atoms with Crippen molar-refractivity contribution in [3.05, 3.63) is 12.2 Å². The van der Waals surface area contributed by atoms with Crippen LogP contribution in [0.25, 0.3) is 0 Å². The molecule has 40 heavy (non-hydrogen) atoms. The molecule has 0 heterocycles. The first-order chi connectivity index (χ1) is 19.6. The molecule has 0 radical (unpaired) electrons. The van der Waals surface area contributed by atoms with Gasteiger partial charge in [0, 0.05) is 12.8 Å². The Morgan fingerprint density at radius 3 is 1.35 bits per heavy atom. The van der Waals surface area contributed by atoms with Gasteiger partial charge in [-0.15, -0.1) is 0 Å². The lowest BCUT2D eigenvalue weighted by Crippen LogP contribution is -2.18. The van der Waals surface area contributed by atoms with Gasteiger partial charge in [0.15, 0.2) is 0 Å². The van der Waals surface area contributed by atoms with Crippen LogP contribution in [0.15, 0.2) is 12.2 Å². The van der Waals surface area contributed by atoms with Crippen LogP contribution in [-0.4, -0.2) is 23.1 Å². The van der Waals surface area contributed by atoms with Gasteiger partial charge in [0.1, 0.15) is 6.10 Å². The molecule has 0 aromatic rings. The molecule has 0 saturated heterocycles. The number of allylic oxidation sites excluding steroid dienone is 2. The molecule has 1 N–H and O–H groups in total. The standard InChI is InChI=1S/C36H68O4/c1-3-5-7-9-11-13-14-15-16-17-18-19-21-23-29-33-36(39)40-34(31-27-24-25-28-32-35(37)38)30-26-22-20-12-10-8-6-4-2/h15-16,34H,3-14,17-33H2,1-2H3,(H,37,38)/b16-15-. The number of unbranched alkanes of at least 4 members (excludes halogenated alkanes) is 21. The van der Waals surface area contributed by atoms with E-state index in [-0.39, 0.29) is 18.5 Å². The zero-order valence-electron chi connectivity index (χ0n) is 26.9. The Balaban J connectivity index is 3.95. The summed E-state index contributed by atoms with van der Waals surface area (Å²) in [6.45, 7) is 4.52. The third-order valence-corrected chi connectivity index (χ3v) is 7.99. The Morgan fingerprint density at radius 1 is 0.525 bits per heavy atom. The van der Waals surface area contributed by atoms with E-state index in [2.05, 4.69) is 26.0 Å². The summed E-state index contributed by atoms with van der Waals surface area (Å²) in [5.74, 6) is -0.731. The lowest BCUT2D eigenvalue weighted by molar-refractivity contribution is -0.150. The zero-order chi connectivity index (χ0) is 29.4. The lowest BCUT2D eigenvalue weighted by Gasteiger charge is -2.18. The molecule has 1 unspecified atom stereocenters. The van der Waals surface area contributed by atoms with Crippen LogP contribution in [0.4, 0.5) is 0 Å². The van der Waals surface area contributed by atoms with Crippen LogP contribution in [0, 0.1) is 0 Å². The Morgan fingerprint density at radius 2 is 0.900 bits per heavy atom. The van der Waals surface area contributed by atoms with Crippen LogP contribution in [0.1, 0.15) is 200 Å². The van der Waals surface area contributed by atoms with Gasteiger partial charge < -0.3 is 9.84 Å². The van der Waals surface area contributed by atoms with Crippen LogP contribution in [-0.2, 0) is 14.3 Å². The van der Waals surface area contributed by atoms with E-state index < -0.39 is 5.97 Å². The number of carboxylic acid groups (broad SMARTS) is 1. The summed E-state index contributed by atoms with van der Waals surface area (Å²) in [5, 5.41) is 8.80. The van der Waals surface area contributed by atoms with Gasteiger partial charge >= 0.3 is 11.9 Å². The van der Waals surface area contributed by atoms with Gasteiger partial charge in [-0.25, -0.2) is 0 Å². The molecule has 4 heteroatoms. The van der Waals surface area contributed by atoms with Crippen molar-refractivity contribution in [2.45, 2.75) is 206 Å². The quantitative estimate of drug-likeness (QED) is 0.0501. The fraction of sp³-hybridized carbons (Fsp3) is 0.889. The van der Waals surface area contributed by atoms with Gasteiger partial charge in [-0.2, -0.15) is 0 Å². The maximum Gasteiger partial charge on any atom is 0.306 e. The van der Waals surface area contributed by atoms with E-state index in [4.69, 9.17) is 9.84 Å². The first-order valence-electron chi connectivity index (χ1n) is 17.7. The maximum atomic E-state index is 12.5. The van der Waals surface area contributed by atoms with Crippen molar-refractivity contribution >= 4 is 11.9 Å². The van der Waals surface area contributed by atoms with E-state index in [0.717, 1.165) is 57.8 Å². The number of hydrogen-bond acceptors (Lipinski definition) is 3. The number of rotatable bonds is 32. The predicted octanol–water partition coefficient (Wildman–Crippen LogP) is 11.9. The van der Waals surface area contributed by atoms with Crippen LogP contribution in [0.5, 0.6) is 0 Å². The van der Waals surface area contributed by atoms with E-state index in [0.29, 0.717) is 6.42 Å². The van der Waals surface area contributed by atoms with E-state index in [1.165, 1.54) is 116 Å². The molecule has 0 aliphatic heterocycles. The van der Waals surface area contributed by atoms with E-state index >= 15 is 0 Å². The number of carbonyl (C=O) groups is 2. The van der Waals surface area contributed by atoms with Crippen molar-refractivity contribution in [1.82, 2.24) is 0 Å². The summed E-state index contributed by atoms with van der Waals surface area (Å²) in [6.07, 6.45) is 37.9. The molecule has 0 rings (SSSR count). The minimum atomic E-state index is -0.711. The Labute approximate surface area is 249 Å². The Kier molecular flexibility index (Phi) is 31.1. The summed E-state index contributed by atoms with van der Waals surface area (Å²) < 4.78 is 5.93. The van der Waals surface area contributed by atoms with Crippen molar-refractivity contribution in [3.8, 4) is 0 Å². The molecule has 0 aromatic carbocycles. The van der Waals surface area contributed by atoms with Gasteiger partial charge in [-0.3, -0.25) is 9.59 Å². The number of aliphatic carboxylic acids is 1. The zero-order valence-corrected chi connectivity index (χ0v) is 26.9. The highest BCUT2D eigenvalue weighted by Crippen LogP contribution is 2.18. The van der Waals surface area contributed by atoms with Crippen molar-refractivity contribution in [1.29, 1.82) is 0 Å². The third-order valence-electron chi connectivity index (χ3n) is 7.99. The third kappa shape index (κ3) is 31.2. The normalized spacial score (nSPS) is 12.2. The van der Waals surface area contributed by atoms with E-state index in [1.54, 1.807) is 0 Å². The molecule has 0 aliphatic rings. The topological polar surface area (TPSA) is 63.6 Å². The molecular weight excluding hydrogens is 496 g/mol. The average Bonchev–Trinajstić information content (AvgIpc) is 2.93. The summed E-state index contributed by atoms with van der Waals surface area (Å²) in [5.41, 5.74) is 0. The minimum absolute atomic E-state index is 0.0203. The van der Waals surface area contributed by atoms with Crippen molar-refractivity contribution in [2.75, 3.05) is 0 Å². The molecule has 0 aromatic heterocycles. The summed E-state index contributed by atoms with van der Waals surface area (Å²) in [6, 6.07) is 0. The summed E-state index contributed by atoms with van der Waals surface area (Å²) in [7, 11) is 0. The molecule has 236 valence electrons. The van der Waals surface area contributed by atoms with E-state index in [9.17, 15) is 9.59 Å². The number of esters is 1. The van der Waals surface area contributed by atoms with Crippen LogP contribution in [0.3, 0.4) is 0 Å². The number of ether oxygens (including phenoxy) is 1. The molecule has 0 amide bonds. The molecule has 4 nitrogen and oxygen atoms in total. The highest BCUT2D eigenvalue weighted by atomic mass is 16.5. The van der Waals surface area contributed by atoms with Crippen LogP contribution in [0.2, 0.25) is 0 Å². The Hall–Kier alpha value is -1.32. The highest BCUT2D eigenvalue weighted by Gasteiger charge is 2.14. The van der Waals surface area contributed by atoms with Crippen molar-refractivity contribution in [2.24, 2.45) is 0 Å². The molecular formula is C36H68O4. The van der Waals surface area contributed by atoms with Gasteiger partial charge in [0.05, 0.1) is 0 Å². The SMILES string of the molecule is CCCCCCCC/C=C\CCCCCCCC(=O)OC(CCCCCCCCCC)CCCCCCC(=O)O. The summed E-state index contributed by atoms with van der Waals surface area (Å²) in [4.78, 5) is 23.2. The van der Waals surface area contributed by atoms with Gasteiger partial charge in [0.2, 0.25) is 0 Å². The maximum absolute atomic E-state index is 12.5. The summed E-state index contributed by atoms with van der Waals surface area (Å²) >= 11 is 0. The van der Waals surface area contributed by atoms with Crippen LogP contribution >= 0.6 is 0 Å². The second-order valence-corrected chi connectivity index (χ2v) is 12.1. The van der Waals surface area contributed by atoms with E-state index in [1.807, 2.05) is 0 Å². The first kappa shape index (κ1) is 38.7. The van der Waals surface area contributed by atoms with Gasteiger partial charge in [-0.05, 0) is 64.2 Å². The van der Waals surface area contributed by atoms with Crippen molar-refractivity contribution < 1.29 is 19.4 Å². The molecule has 0 bridgehead atoms. The largest absolute Gasteiger partial charge is 0.481 e. The fourth-order valence-corrected chi connectivity index (χ4v) is 5.35. The smallest absolute Gasteiger partial charge is 0.306 e. The minimum Gasteiger partial charge on any atom is -0.481 e.